The number of ether oxygens (including phenoxy) is 1. The van der Waals surface area contributed by atoms with Crippen molar-refractivity contribution in [3.05, 3.63) is 0 Å². The van der Waals surface area contributed by atoms with Crippen LogP contribution in [-0.4, -0.2) is 50.1 Å². The Morgan fingerprint density at radius 2 is 2.06 bits per heavy atom. The van der Waals surface area contributed by atoms with Crippen LogP contribution in [0, 0.1) is 0 Å². The lowest BCUT2D eigenvalue weighted by atomic mass is 10.2. The fraction of sp³-hybridized carbons (Fsp3) is 0.833. The van der Waals surface area contributed by atoms with Crippen LogP contribution >= 0.6 is 0 Å². The normalized spacial score (nSPS) is 12.3. The number of rotatable bonds is 8. The molecule has 1 N–H and O–H groups in total. The zero-order valence-corrected chi connectivity index (χ0v) is 11.3. The molecule has 0 saturated heterocycles. The van der Waals surface area contributed by atoms with E-state index < -0.39 is 0 Å². The first kappa shape index (κ1) is 15.9. The molecule has 0 fully saturated rings. The molecular weight excluding hydrogens is 220 g/mol. The molecule has 0 spiro atoms. The number of hydrogen-bond donors (Lipinski definition) is 1. The minimum atomic E-state index is -0.254. The first-order chi connectivity index (χ1) is 8.02. The number of amides is 1. The minimum Gasteiger partial charge on any atom is -0.469 e. The monoisotopic (exact) mass is 244 g/mol. The van der Waals surface area contributed by atoms with E-state index in [1.807, 2.05) is 18.9 Å². The molecule has 0 aromatic heterocycles. The molecule has 0 radical (unpaired) electrons. The molecule has 5 nitrogen and oxygen atoms in total. The number of carbonyl (C=O) groups is 2. The second-order valence-corrected chi connectivity index (χ2v) is 4.13. The lowest BCUT2D eigenvalue weighted by Crippen LogP contribution is -2.44. The largest absolute Gasteiger partial charge is 0.469 e. The molecule has 0 aromatic carbocycles. The highest BCUT2D eigenvalue weighted by Crippen LogP contribution is 1.98. The van der Waals surface area contributed by atoms with Gasteiger partial charge in [-0.15, -0.1) is 0 Å². The third-order valence-corrected chi connectivity index (χ3v) is 2.77. The van der Waals surface area contributed by atoms with Gasteiger partial charge in [-0.2, -0.15) is 0 Å². The number of carbonyl (C=O) groups excluding carboxylic acids is 2. The molecule has 0 rings (SSSR count). The summed E-state index contributed by atoms with van der Waals surface area (Å²) < 4.78 is 4.55. The van der Waals surface area contributed by atoms with Gasteiger partial charge in [0.25, 0.3) is 0 Å². The quantitative estimate of drug-likeness (QED) is 0.506. The molecule has 0 aliphatic rings. The van der Waals surface area contributed by atoms with E-state index in [4.69, 9.17) is 0 Å². The average Bonchev–Trinajstić information content (AvgIpc) is 2.34. The molecule has 17 heavy (non-hydrogen) atoms. The first-order valence-electron chi connectivity index (χ1n) is 6.07. The molecule has 0 aliphatic carbocycles. The number of methoxy groups -OCH3 is 1. The van der Waals surface area contributed by atoms with Gasteiger partial charge in [0.1, 0.15) is 0 Å². The van der Waals surface area contributed by atoms with E-state index >= 15 is 0 Å². The summed E-state index contributed by atoms with van der Waals surface area (Å²) in [5.41, 5.74) is 0. The number of hydrogen-bond acceptors (Lipinski definition) is 4. The summed E-state index contributed by atoms with van der Waals surface area (Å²) in [7, 11) is 3.19. The fourth-order valence-corrected chi connectivity index (χ4v) is 1.30. The Labute approximate surface area is 103 Å². The van der Waals surface area contributed by atoms with Crippen LogP contribution in [0.4, 0.5) is 0 Å². The van der Waals surface area contributed by atoms with Gasteiger partial charge >= 0.3 is 5.97 Å². The number of unbranched alkanes of at least 4 members (excludes halogenated alkanes) is 1. The van der Waals surface area contributed by atoms with Crippen LogP contribution in [0.5, 0.6) is 0 Å². The molecule has 0 aromatic rings. The van der Waals surface area contributed by atoms with Gasteiger partial charge < -0.3 is 10.1 Å². The predicted molar refractivity (Wildman–Crippen MR) is 66.6 cm³/mol. The highest BCUT2D eigenvalue weighted by molar-refractivity contribution is 5.81. The van der Waals surface area contributed by atoms with Crippen LogP contribution in [0.2, 0.25) is 0 Å². The van der Waals surface area contributed by atoms with Gasteiger partial charge in [0.15, 0.2) is 0 Å². The van der Waals surface area contributed by atoms with Gasteiger partial charge in [-0.05, 0) is 20.4 Å². The summed E-state index contributed by atoms with van der Waals surface area (Å²) in [5, 5.41) is 2.87. The molecule has 100 valence electrons. The lowest BCUT2D eigenvalue weighted by Gasteiger charge is -2.23. The highest BCUT2D eigenvalue weighted by atomic mass is 16.5. The maximum absolute atomic E-state index is 11.7. The molecule has 0 bridgehead atoms. The van der Waals surface area contributed by atoms with Crippen LogP contribution < -0.4 is 5.32 Å². The van der Waals surface area contributed by atoms with Crippen LogP contribution in [0.25, 0.3) is 0 Å². The maximum atomic E-state index is 11.7. The zero-order chi connectivity index (χ0) is 13.3. The van der Waals surface area contributed by atoms with Gasteiger partial charge in [0, 0.05) is 13.1 Å². The average molecular weight is 244 g/mol. The Balaban J connectivity index is 3.89. The van der Waals surface area contributed by atoms with Crippen molar-refractivity contribution in [1.82, 2.24) is 10.2 Å². The standard InChI is InChI=1S/C12H24N2O3/c1-5-6-8-13-12(16)10(2)14(3)9-7-11(15)17-4/h10H,5-9H2,1-4H3,(H,13,16). The van der Waals surface area contributed by atoms with E-state index in [9.17, 15) is 9.59 Å². The van der Waals surface area contributed by atoms with Crippen molar-refractivity contribution < 1.29 is 14.3 Å². The second kappa shape index (κ2) is 8.98. The van der Waals surface area contributed by atoms with E-state index in [2.05, 4.69) is 17.0 Å². The number of nitrogens with zero attached hydrogens (tertiary/aromatic N) is 1. The first-order valence-corrected chi connectivity index (χ1v) is 6.07. The van der Waals surface area contributed by atoms with Gasteiger partial charge in [0.2, 0.25) is 5.91 Å². The Bertz CT molecular complexity index is 244. The molecule has 0 aliphatic heterocycles. The SMILES string of the molecule is CCCCNC(=O)C(C)N(C)CCC(=O)OC. The second-order valence-electron chi connectivity index (χ2n) is 4.13. The van der Waals surface area contributed by atoms with Crippen molar-refractivity contribution >= 4 is 11.9 Å². The van der Waals surface area contributed by atoms with Gasteiger partial charge in [-0.3, -0.25) is 14.5 Å². The Morgan fingerprint density at radius 1 is 1.41 bits per heavy atom. The Kier molecular flexibility index (Phi) is 8.40. The van der Waals surface area contributed by atoms with Crippen LogP contribution in [-0.2, 0) is 14.3 Å². The van der Waals surface area contributed by atoms with Crippen LogP contribution in [0.15, 0.2) is 0 Å². The maximum Gasteiger partial charge on any atom is 0.306 e. The van der Waals surface area contributed by atoms with Crippen molar-refractivity contribution in [2.75, 3.05) is 27.2 Å². The molecule has 1 amide bonds. The molecular formula is C12H24N2O3. The van der Waals surface area contributed by atoms with Crippen molar-refractivity contribution in [1.29, 1.82) is 0 Å². The topological polar surface area (TPSA) is 58.6 Å². The van der Waals surface area contributed by atoms with E-state index in [-0.39, 0.29) is 17.9 Å². The van der Waals surface area contributed by atoms with Crippen molar-refractivity contribution in [2.45, 2.75) is 39.2 Å². The van der Waals surface area contributed by atoms with Crippen molar-refractivity contribution in [3.63, 3.8) is 0 Å². The lowest BCUT2D eigenvalue weighted by molar-refractivity contribution is -0.141. The van der Waals surface area contributed by atoms with E-state index in [1.165, 1.54) is 7.11 Å². The molecule has 1 atom stereocenters. The molecule has 0 heterocycles. The van der Waals surface area contributed by atoms with Crippen molar-refractivity contribution in [3.8, 4) is 0 Å². The highest BCUT2D eigenvalue weighted by Gasteiger charge is 2.17. The molecule has 1 unspecified atom stereocenters. The van der Waals surface area contributed by atoms with E-state index in [0.717, 1.165) is 12.8 Å². The molecule has 5 heteroatoms. The predicted octanol–water partition coefficient (Wildman–Crippen LogP) is 0.786. The Hall–Kier alpha value is -1.10. The number of likely N-dealkylation sites (N-methyl/N-ethyl adjacent to an activating group) is 1. The number of esters is 1. The Morgan fingerprint density at radius 3 is 2.59 bits per heavy atom. The van der Waals surface area contributed by atoms with E-state index in [0.29, 0.717) is 19.5 Å². The third kappa shape index (κ3) is 6.94. The molecule has 0 saturated carbocycles. The summed E-state index contributed by atoms with van der Waals surface area (Å²) in [6.07, 6.45) is 2.36. The summed E-state index contributed by atoms with van der Waals surface area (Å²) in [4.78, 5) is 24.5. The summed E-state index contributed by atoms with van der Waals surface area (Å²) in [6.45, 7) is 5.15. The summed E-state index contributed by atoms with van der Waals surface area (Å²) in [6, 6.07) is -0.225. The van der Waals surface area contributed by atoms with Gasteiger partial charge in [0.05, 0.1) is 19.6 Å². The van der Waals surface area contributed by atoms with Gasteiger partial charge in [-0.1, -0.05) is 13.3 Å². The van der Waals surface area contributed by atoms with Crippen molar-refractivity contribution in [2.24, 2.45) is 0 Å². The fourth-order valence-electron chi connectivity index (χ4n) is 1.30. The van der Waals surface area contributed by atoms with Gasteiger partial charge in [-0.25, -0.2) is 0 Å². The zero-order valence-electron chi connectivity index (χ0n) is 11.3. The minimum absolute atomic E-state index is 0.00539. The summed E-state index contributed by atoms with van der Waals surface area (Å²) in [5.74, 6) is -0.249. The van der Waals surface area contributed by atoms with Crippen LogP contribution in [0.1, 0.15) is 33.1 Å². The summed E-state index contributed by atoms with van der Waals surface area (Å²) >= 11 is 0. The van der Waals surface area contributed by atoms with E-state index in [1.54, 1.807) is 0 Å². The number of nitrogens with one attached hydrogen (secondary N) is 1. The van der Waals surface area contributed by atoms with Crippen LogP contribution in [0.3, 0.4) is 0 Å². The smallest absolute Gasteiger partial charge is 0.306 e. The third-order valence-electron chi connectivity index (χ3n) is 2.77.